The molecule has 0 aliphatic carbocycles. The number of likely N-dealkylation sites (tertiary alicyclic amines) is 1. The summed E-state index contributed by atoms with van der Waals surface area (Å²) in [6.07, 6.45) is 2.21. The quantitative estimate of drug-likeness (QED) is 0.621. The number of hydrazine groups is 1. The van der Waals surface area contributed by atoms with Gasteiger partial charge in [0.15, 0.2) is 0 Å². The maximum atomic E-state index is 12.5. The van der Waals surface area contributed by atoms with Crippen molar-refractivity contribution in [1.82, 2.24) is 14.9 Å². The number of amides is 1. The highest BCUT2D eigenvalue weighted by Crippen LogP contribution is 2.24. The van der Waals surface area contributed by atoms with Crippen LogP contribution in [0.2, 0.25) is 0 Å². The molecule has 104 valence electrons. The third-order valence-electron chi connectivity index (χ3n) is 3.84. The van der Waals surface area contributed by atoms with Gasteiger partial charge >= 0.3 is 0 Å². The zero-order chi connectivity index (χ0) is 14.0. The molecule has 0 bridgehead atoms. The number of piperidine rings is 1. The summed E-state index contributed by atoms with van der Waals surface area (Å²) in [4.78, 5) is 22.7. The summed E-state index contributed by atoms with van der Waals surface area (Å²) in [6.45, 7) is 6.89. The summed E-state index contributed by atoms with van der Waals surface area (Å²) in [5.74, 6) is 6.07. The van der Waals surface area contributed by atoms with Crippen LogP contribution in [-0.2, 0) is 0 Å². The predicted octanol–water partition coefficient (Wildman–Crippen LogP) is 1.33. The minimum absolute atomic E-state index is 0.0407. The van der Waals surface area contributed by atoms with Crippen molar-refractivity contribution < 1.29 is 4.79 Å². The molecule has 19 heavy (non-hydrogen) atoms. The van der Waals surface area contributed by atoms with Gasteiger partial charge in [0.05, 0.1) is 0 Å². The Morgan fingerprint density at radius 1 is 1.47 bits per heavy atom. The molecule has 2 heterocycles. The van der Waals surface area contributed by atoms with E-state index in [9.17, 15) is 4.79 Å². The van der Waals surface area contributed by atoms with Gasteiger partial charge in [0, 0.05) is 18.3 Å². The van der Waals surface area contributed by atoms with Gasteiger partial charge in [-0.05, 0) is 38.7 Å². The number of aromatic nitrogens is 2. The van der Waals surface area contributed by atoms with Crippen LogP contribution in [0.3, 0.4) is 0 Å². The van der Waals surface area contributed by atoms with Gasteiger partial charge in [-0.2, -0.15) is 0 Å². The van der Waals surface area contributed by atoms with Crippen molar-refractivity contribution in [3.8, 4) is 0 Å². The summed E-state index contributed by atoms with van der Waals surface area (Å²) in [5.41, 5.74) is 3.52. The minimum Gasteiger partial charge on any atom is -0.334 e. The van der Waals surface area contributed by atoms with Gasteiger partial charge in [-0.1, -0.05) is 6.92 Å². The number of nitrogens with one attached hydrogen (secondary N) is 1. The molecule has 1 amide bonds. The zero-order valence-corrected chi connectivity index (χ0v) is 11.7. The first-order valence-electron chi connectivity index (χ1n) is 6.66. The normalized spacial score (nSPS) is 23.3. The fourth-order valence-electron chi connectivity index (χ4n) is 2.51. The van der Waals surface area contributed by atoms with Gasteiger partial charge < -0.3 is 4.90 Å². The molecule has 2 atom stereocenters. The van der Waals surface area contributed by atoms with Crippen LogP contribution in [0.25, 0.3) is 0 Å². The number of nitrogens with two attached hydrogens (primary N) is 1. The van der Waals surface area contributed by atoms with Crippen LogP contribution in [0.4, 0.5) is 5.95 Å². The summed E-state index contributed by atoms with van der Waals surface area (Å²) < 4.78 is 0. The number of carbonyl (C=O) groups is 1. The van der Waals surface area contributed by atoms with Crippen molar-refractivity contribution in [2.24, 2.45) is 11.8 Å². The Labute approximate surface area is 113 Å². The number of carbonyl (C=O) groups excluding carboxylic acids is 1. The Morgan fingerprint density at radius 3 is 2.89 bits per heavy atom. The van der Waals surface area contributed by atoms with E-state index in [0.29, 0.717) is 11.6 Å². The Hall–Kier alpha value is -1.69. The number of nitrogens with zero attached hydrogens (tertiary/aromatic N) is 3. The lowest BCUT2D eigenvalue weighted by atomic mass is 9.92. The number of nitrogen functional groups attached to an aromatic ring is 1. The van der Waals surface area contributed by atoms with Gasteiger partial charge in [0.25, 0.3) is 5.91 Å². The molecule has 3 N–H and O–H groups in total. The molecule has 1 aromatic heterocycles. The highest BCUT2D eigenvalue weighted by Gasteiger charge is 2.29. The molecule has 1 fully saturated rings. The van der Waals surface area contributed by atoms with E-state index in [1.807, 2.05) is 11.8 Å². The topological polar surface area (TPSA) is 84.1 Å². The van der Waals surface area contributed by atoms with Crippen LogP contribution in [-0.4, -0.2) is 33.4 Å². The van der Waals surface area contributed by atoms with Gasteiger partial charge in [0.2, 0.25) is 5.95 Å². The first-order chi connectivity index (χ1) is 9.02. The molecule has 2 rings (SSSR count). The van der Waals surface area contributed by atoms with Gasteiger partial charge in [-0.15, -0.1) is 0 Å². The Balaban J connectivity index is 2.25. The molecule has 0 spiro atoms. The van der Waals surface area contributed by atoms with Crippen LogP contribution in [0, 0.1) is 12.8 Å². The summed E-state index contributed by atoms with van der Waals surface area (Å²) in [5, 5.41) is 0. The number of aryl methyl sites for hydroxylation is 1. The average Bonchev–Trinajstić information content (AvgIpc) is 2.40. The van der Waals surface area contributed by atoms with E-state index in [1.54, 1.807) is 6.07 Å². The Morgan fingerprint density at radius 2 is 2.21 bits per heavy atom. The largest absolute Gasteiger partial charge is 0.334 e. The minimum atomic E-state index is -0.0407. The smallest absolute Gasteiger partial charge is 0.272 e. The molecule has 6 nitrogen and oxygen atoms in total. The van der Waals surface area contributed by atoms with Crippen molar-refractivity contribution in [3.63, 3.8) is 0 Å². The monoisotopic (exact) mass is 263 g/mol. The number of anilines is 1. The standard InChI is InChI=1S/C13H21N5O/c1-8-5-4-6-18(10(8)3)12(19)11-7-9(2)15-13(16-11)17-14/h7-8,10H,4-6,14H2,1-3H3,(H,15,16,17). The molecule has 1 saturated heterocycles. The van der Waals surface area contributed by atoms with Crippen LogP contribution in [0.1, 0.15) is 42.9 Å². The van der Waals surface area contributed by atoms with Crippen molar-refractivity contribution in [2.75, 3.05) is 12.0 Å². The van der Waals surface area contributed by atoms with Gasteiger partial charge in [-0.25, -0.2) is 15.8 Å². The molecule has 0 saturated carbocycles. The SMILES string of the molecule is Cc1cc(C(=O)N2CCCC(C)C2C)nc(NN)n1. The van der Waals surface area contributed by atoms with Crippen molar-refractivity contribution in [2.45, 2.75) is 39.7 Å². The average molecular weight is 263 g/mol. The second kappa shape index (κ2) is 5.52. The Bertz CT molecular complexity index is 476. The van der Waals surface area contributed by atoms with E-state index >= 15 is 0 Å². The number of hydrogen-bond donors (Lipinski definition) is 2. The Kier molecular flexibility index (Phi) is 3.99. The van der Waals surface area contributed by atoms with E-state index in [-0.39, 0.29) is 17.9 Å². The first-order valence-corrected chi connectivity index (χ1v) is 6.66. The maximum Gasteiger partial charge on any atom is 0.272 e. The summed E-state index contributed by atoms with van der Waals surface area (Å²) >= 11 is 0. The second-order valence-corrected chi connectivity index (χ2v) is 5.22. The summed E-state index contributed by atoms with van der Waals surface area (Å²) in [7, 11) is 0. The third kappa shape index (κ3) is 2.84. The molecule has 2 unspecified atom stereocenters. The molecule has 0 radical (unpaired) electrons. The fraction of sp³-hybridized carbons (Fsp3) is 0.615. The highest BCUT2D eigenvalue weighted by atomic mass is 16.2. The van der Waals surface area contributed by atoms with Gasteiger partial charge in [0.1, 0.15) is 5.69 Å². The summed E-state index contributed by atoms with van der Waals surface area (Å²) in [6, 6.07) is 1.95. The van der Waals surface area contributed by atoms with Gasteiger partial charge in [-0.3, -0.25) is 10.2 Å². The van der Waals surface area contributed by atoms with Crippen LogP contribution < -0.4 is 11.3 Å². The lowest BCUT2D eigenvalue weighted by Gasteiger charge is -2.37. The molecular formula is C13H21N5O. The molecule has 6 heteroatoms. The lowest BCUT2D eigenvalue weighted by molar-refractivity contribution is 0.0545. The van der Waals surface area contributed by atoms with Crippen molar-refractivity contribution in [3.05, 3.63) is 17.5 Å². The van der Waals surface area contributed by atoms with Crippen LogP contribution in [0.5, 0.6) is 0 Å². The predicted molar refractivity (Wildman–Crippen MR) is 73.5 cm³/mol. The molecule has 1 aliphatic rings. The van der Waals surface area contributed by atoms with E-state index < -0.39 is 0 Å². The van der Waals surface area contributed by atoms with E-state index in [0.717, 1.165) is 18.7 Å². The molecule has 1 aromatic rings. The zero-order valence-electron chi connectivity index (χ0n) is 11.7. The molecule has 1 aliphatic heterocycles. The van der Waals surface area contributed by atoms with E-state index in [4.69, 9.17) is 5.84 Å². The molecular weight excluding hydrogens is 242 g/mol. The first kappa shape index (κ1) is 13.7. The van der Waals surface area contributed by atoms with Crippen molar-refractivity contribution >= 4 is 11.9 Å². The third-order valence-corrected chi connectivity index (χ3v) is 3.84. The fourth-order valence-corrected chi connectivity index (χ4v) is 2.51. The molecule has 0 aromatic carbocycles. The lowest BCUT2D eigenvalue weighted by Crippen LogP contribution is -2.46. The van der Waals surface area contributed by atoms with E-state index in [2.05, 4.69) is 29.2 Å². The van der Waals surface area contributed by atoms with Crippen LogP contribution in [0.15, 0.2) is 6.07 Å². The van der Waals surface area contributed by atoms with E-state index in [1.165, 1.54) is 6.42 Å². The second-order valence-electron chi connectivity index (χ2n) is 5.22. The van der Waals surface area contributed by atoms with Crippen molar-refractivity contribution in [1.29, 1.82) is 0 Å². The highest BCUT2D eigenvalue weighted by molar-refractivity contribution is 5.93. The number of rotatable bonds is 2. The maximum absolute atomic E-state index is 12.5. The van der Waals surface area contributed by atoms with Crippen LogP contribution >= 0.6 is 0 Å². The number of hydrogen-bond acceptors (Lipinski definition) is 5.